The quantitative estimate of drug-likeness (QED) is 0.802. The molecule has 1 N–H and O–H groups in total. The minimum absolute atomic E-state index is 0.730. The van der Waals surface area contributed by atoms with Gasteiger partial charge < -0.3 is 9.88 Å². The summed E-state index contributed by atoms with van der Waals surface area (Å²) in [4.78, 5) is 6.84. The van der Waals surface area contributed by atoms with E-state index >= 15 is 0 Å². The number of rotatable bonds is 5. The van der Waals surface area contributed by atoms with E-state index in [4.69, 9.17) is 0 Å². The summed E-state index contributed by atoms with van der Waals surface area (Å²) in [5, 5.41) is 3.28. The van der Waals surface area contributed by atoms with Crippen molar-refractivity contribution in [3.05, 3.63) is 18.2 Å². The first-order chi connectivity index (χ1) is 7.81. The minimum atomic E-state index is 0.730. The average molecular weight is 222 g/mol. The van der Waals surface area contributed by atoms with E-state index in [9.17, 15) is 0 Å². The Balaban J connectivity index is 1.83. The Labute approximate surface area is 97.7 Å². The molecule has 0 bridgehead atoms. The Morgan fingerprint density at radius 2 is 2.38 bits per heavy atom. The summed E-state index contributed by atoms with van der Waals surface area (Å²) in [5.41, 5.74) is 0. The fraction of sp³-hybridized carbons (Fsp3) is 0.750. The van der Waals surface area contributed by atoms with Crippen LogP contribution >= 0.6 is 0 Å². The highest BCUT2D eigenvalue weighted by Crippen LogP contribution is 2.16. The molecule has 4 heteroatoms. The maximum Gasteiger partial charge on any atom is 0.105 e. The Bertz CT molecular complexity index is 321. The van der Waals surface area contributed by atoms with E-state index in [-0.39, 0.29) is 0 Å². The number of hydrogen-bond donors (Lipinski definition) is 1. The lowest BCUT2D eigenvalue weighted by atomic mass is 10.2. The Morgan fingerprint density at radius 1 is 1.50 bits per heavy atom. The lowest BCUT2D eigenvalue weighted by Crippen LogP contribution is -2.38. The summed E-state index contributed by atoms with van der Waals surface area (Å²) in [7, 11) is 2.04. The molecule has 0 saturated carbocycles. The molecule has 1 saturated heterocycles. The molecule has 1 aromatic heterocycles. The molecule has 16 heavy (non-hydrogen) atoms. The summed E-state index contributed by atoms with van der Waals surface area (Å²) < 4.78 is 2.23. The molecule has 0 aromatic carbocycles. The molecule has 1 aromatic rings. The van der Waals surface area contributed by atoms with Crippen LogP contribution in [0.5, 0.6) is 0 Å². The van der Waals surface area contributed by atoms with Gasteiger partial charge in [0, 0.05) is 38.1 Å². The largest absolute Gasteiger partial charge is 0.334 e. The molecule has 0 radical (unpaired) electrons. The summed E-state index contributed by atoms with van der Waals surface area (Å²) in [6, 6.07) is 0.730. The van der Waals surface area contributed by atoms with Gasteiger partial charge in [0.15, 0.2) is 0 Å². The fourth-order valence-corrected chi connectivity index (χ4v) is 2.53. The van der Waals surface area contributed by atoms with Crippen LogP contribution in [0.25, 0.3) is 0 Å². The molecule has 0 aliphatic carbocycles. The molecule has 0 spiro atoms. The SMILES string of the molecule is CNCC1CCCN1CCn1ccnc1C. The molecular weight excluding hydrogens is 200 g/mol. The number of nitrogens with zero attached hydrogens (tertiary/aromatic N) is 3. The number of likely N-dealkylation sites (N-methyl/N-ethyl adjacent to an activating group) is 1. The zero-order chi connectivity index (χ0) is 11.4. The standard InChI is InChI=1S/C12H22N4/c1-11-14-5-7-15(11)8-9-16-6-3-4-12(16)10-13-2/h5,7,12-13H,3-4,6,8-10H2,1-2H3. The zero-order valence-corrected chi connectivity index (χ0v) is 10.3. The van der Waals surface area contributed by atoms with Gasteiger partial charge in [0.1, 0.15) is 5.82 Å². The molecule has 1 fully saturated rings. The van der Waals surface area contributed by atoms with Crippen LogP contribution in [0, 0.1) is 6.92 Å². The molecule has 1 aliphatic rings. The predicted molar refractivity (Wildman–Crippen MR) is 65.5 cm³/mol. The molecule has 4 nitrogen and oxygen atoms in total. The summed E-state index contributed by atoms with van der Waals surface area (Å²) >= 11 is 0. The van der Waals surface area contributed by atoms with Crippen LogP contribution in [-0.2, 0) is 6.54 Å². The van der Waals surface area contributed by atoms with E-state index in [0.29, 0.717) is 0 Å². The molecule has 2 rings (SSSR count). The Morgan fingerprint density at radius 3 is 3.06 bits per heavy atom. The van der Waals surface area contributed by atoms with Gasteiger partial charge in [-0.15, -0.1) is 0 Å². The van der Waals surface area contributed by atoms with Crippen molar-refractivity contribution in [1.82, 2.24) is 19.8 Å². The van der Waals surface area contributed by atoms with Gasteiger partial charge in [-0.25, -0.2) is 4.98 Å². The van der Waals surface area contributed by atoms with E-state index in [1.807, 2.05) is 13.2 Å². The maximum absolute atomic E-state index is 4.25. The molecule has 2 heterocycles. The van der Waals surface area contributed by atoms with Crippen LogP contribution < -0.4 is 5.32 Å². The summed E-state index contributed by atoms with van der Waals surface area (Å²) in [5.74, 6) is 1.12. The van der Waals surface area contributed by atoms with Gasteiger partial charge in [0.25, 0.3) is 0 Å². The van der Waals surface area contributed by atoms with E-state index in [1.54, 1.807) is 0 Å². The van der Waals surface area contributed by atoms with Gasteiger partial charge in [-0.2, -0.15) is 0 Å². The van der Waals surface area contributed by atoms with E-state index in [0.717, 1.165) is 31.5 Å². The summed E-state index contributed by atoms with van der Waals surface area (Å²) in [6.07, 6.45) is 6.63. The van der Waals surface area contributed by atoms with Crippen LogP contribution in [0.4, 0.5) is 0 Å². The summed E-state index contributed by atoms with van der Waals surface area (Å²) in [6.45, 7) is 6.63. The minimum Gasteiger partial charge on any atom is -0.334 e. The van der Waals surface area contributed by atoms with Crippen molar-refractivity contribution in [2.45, 2.75) is 32.4 Å². The first-order valence-electron chi connectivity index (χ1n) is 6.17. The van der Waals surface area contributed by atoms with Crippen molar-refractivity contribution >= 4 is 0 Å². The normalized spacial score (nSPS) is 21.8. The van der Waals surface area contributed by atoms with Crippen LogP contribution in [0.1, 0.15) is 18.7 Å². The topological polar surface area (TPSA) is 33.1 Å². The lowest BCUT2D eigenvalue weighted by Gasteiger charge is -2.24. The van der Waals surface area contributed by atoms with Gasteiger partial charge in [0.2, 0.25) is 0 Å². The monoisotopic (exact) mass is 222 g/mol. The van der Waals surface area contributed by atoms with Gasteiger partial charge in [0.05, 0.1) is 0 Å². The molecule has 90 valence electrons. The third kappa shape index (κ3) is 2.62. The van der Waals surface area contributed by atoms with Gasteiger partial charge in [-0.05, 0) is 33.4 Å². The second-order valence-electron chi connectivity index (χ2n) is 4.56. The van der Waals surface area contributed by atoms with Crippen molar-refractivity contribution in [2.24, 2.45) is 0 Å². The number of aromatic nitrogens is 2. The number of aryl methyl sites for hydroxylation is 1. The second-order valence-corrected chi connectivity index (χ2v) is 4.56. The number of nitrogens with one attached hydrogen (secondary N) is 1. The highest BCUT2D eigenvalue weighted by Gasteiger charge is 2.23. The molecule has 0 amide bonds. The van der Waals surface area contributed by atoms with Gasteiger partial charge >= 0.3 is 0 Å². The smallest absolute Gasteiger partial charge is 0.105 e. The Kier molecular flexibility index (Phi) is 3.96. The van der Waals surface area contributed by atoms with Gasteiger partial charge in [-0.1, -0.05) is 0 Å². The van der Waals surface area contributed by atoms with Crippen molar-refractivity contribution < 1.29 is 0 Å². The van der Waals surface area contributed by atoms with E-state index in [1.165, 1.54) is 19.4 Å². The average Bonchev–Trinajstić information content (AvgIpc) is 2.86. The third-order valence-corrected chi connectivity index (χ3v) is 3.49. The molecular formula is C12H22N4. The Hall–Kier alpha value is -0.870. The van der Waals surface area contributed by atoms with Crippen molar-refractivity contribution in [3.63, 3.8) is 0 Å². The number of imidazole rings is 1. The maximum atomic E-state index is 4.25. The van der Waals surface area contributed by atoms with Crippen LogP contribution in [0.2, 0.25) is 0 Å². The van der Waals surface area contributed by atoms with Crippen molar-refractivity contribution in [3.8, 4) is 0 Å². The molecule has 1 aliphatic heterocycles. The van der Waals surface area contributed by atoms with Crippen LogP contribution in [0.3, 0.4) is 0 Å². The number of hydrogen-bond acceptors (Lipinski definition) is 3. The van der Waals surface area contributed by atoms with Crippen molar-refractivity contribution in [2.75, 3.05) is 26.7 Å². The van der Waals surface area contributed by atoms with Gasteiger partial charge in [-0.3, -0.25) is 4.90 Å². The first kappa shape index (κ1) is 11.6. The molecule has 1 unspecified atom stereocenters. The first-order valence-corrected chi connectivity index (χ1v) is 6.17. The lowest BCUT2D eigenvalue weighted by molar-refractivity contribution is 0.240. The number of likely N-dealkylation sites (tertiary alicyclic amines) is 1. The van der Waals surface area contributed by atoms with Crippen molar-refractivity contribution in [1.29, 1.82) is 0 Å². The highest BCUT2D eigenvalue weighted by molar-refractivity contribution is 4.89. The van der Waals surface area contributed by atoms with Crippen LogP contribution in [-0.4, -0.2) is 47.2 Å². The highest BCUT2D eigenvalue weighted by atomic mass is 15.2. The van der Waals surface area contributed by atoms with E-state index < -0.39 is 0 Å². The molecule has 1 atom stereocenters. The zero-order valence-electron chi connectivity index (χ0n) is 10.3. The predicted octanol–water partition coefficient (Wildman–Crippen LogP) is 0.875. The van der Waals surface area contributed by atoms with Crippen LogP contribution in [0.15, 0.2) is 12.4 Å². The van der Waals surface area contributed by atoms with E-state index in [2.05, 4.69) is 32.9 Å². The second kappa shape index (κ2) is 5.46. The fourth-order valence-electron chi connectivity index (χ4n) is 2.53. The third-order valence-electron chi connectivity index (χ3n) is 3.49.